The van der Waals surface area contributed by atoms with Crippen molar-refractivity contribution in [2.24, 2.45) is 5.10 Å². The molecule has 1 amide bonds. The zero-order valence-electron chi connectivity index (χ0n) is 18.0. The number of hydrazone groups is 1. The highest BCUT2D eigenvalue weighted by Gasteiger charge is 2.11. The third-order valence-corrected chi connectivity index (χ3v) is 7.08. The molecule has 0 heterocycles. The molecule has 0 radical (unpaired) electrons. The van der Waals surface area contributed by atoms with Crippen molar-refractivity contribution in [2.75, 3.05) is 7.11 Å². The van der Waals surface area contributed by atoms with Crippen LogP contribution in [-0.2, 0) is 6.61 Å². The number of nitrogens with zero attached hydrogens (tertiary/aromatic N) is 1. The van der Waals surface area contributed by atoms with Crippen molar-refractivity contribution in [2.45, 2.75) is 6.61 Å². The van der Waals surface area contributed by atoms with Gasteiger partial charge in [-0.2, -0.15) is 5.10 Å². The van der Waals surface area contributed by atoms with E-state index in [0.29, 0.717) is 23.7 Å². The zero-order valence-corrected chi connectivity index (χ0v) is 23.3. The van der Waals surface area contributed by atoms with Gasteiger partial charge in [-0.1, -0.05) is 36.4 Å². The van der Waals surface area contributed by atoms with Crippen LogP contribution in [-0.4, -0.2) is 19.2 Å². The van der Waals surface area contributed by atoms with Crippen molar-refractivity contribution < 1.29 is 14.3 Å². The Morgan fingerprint density at radius 3 is 2.47 bits per heavy atom. The Morgan fingerprint density at radius 1 is 1.00 bits per heavy atom. The van der Waals surface area contributed by atoms with Crippen molar-refractivity contribution in [1.82, 2.24) is 5.43 Å². The third kappa shape index (κ3) is 5.97. The van der Waals surface area contributed by atoms with Gasteiger partial charge in [-0.25, -0.2) is 5.43 Å². The van der Waals surface area contributed by atoms with Gasteiger partial charge in [0.1, 0.15) is 18.1 Å². The van der Waals surface area contributed by atoms with Crippen LogP contribution in [0.2, 0.25) is 0 Å². The summed E-state index contributed by atoms with van der Waals surface area (Å²) >= 11 is 9.30. The predicted molar refractivity (Wildman–Crippen MR) is 151 cm³/mol. The van der Waals surface area contributed by atoms with Crippen LogP contribution in [0.25, 0.3) is 10.8 Å². The molecule has 5 nitrogen and oxygen atoms in total. The fourth-order valence-corrected chi connectivity index (χ4v) is 5.31. The summed E-state index contributed by atoms with van der Waals surface area (Å²) in [7, 11) is 1.57. The fourth-order valence-electron chi connectivity index (χ4n) is 3.31. The number of nitrogens with one attached hydrogen (secondary N) is 1. The largest absolute Gasteiger partial charge is 0.496 e. The standard InChI is InChI=1S/C26H19Br2IN2O3/c1-33-24-13-20(8-9-23(24)29)26(32)31-30-14-17-11-21(27)25(22(28)12-17)34-15-16-6-7-18-4-2-3-5-19(18)10-16/h2-14H,15H2,1H3,(H,31,32)/b30-14-. The second-order valence-corrected chi connectivity index (χ2v) is 10.2. The molecule has 1 N–H and O–H groups in total. The lowest BCUT2D eigenvalue weighted by Crippen LogP contribution is -2.17. The molecule has 0 bridgehead atoms. The molecule has 0 saturated carbocycles. The van der Waals surface area contributed by atoms with E-state index in [1.807, 2.05) is 30.3 Å². The van der Waals surface area contributed by atoms with E-state index in [-0.39, 0.29) is 5.91 Å². The van der Waals surface area contributed by atoms with Gasteiger partial charge in [0.25, 0.3) is 5.91 Å². The first-order valence-corrected chi connectivity index (χ1v) is 12.9. The van der Waals surface area contributed by atoms with Crippen LogP contribution in [0, 0.1) is 3.57 Å². The summed E-state index contributed by atoms with van der Waals surface area (Å²) in [6.07, 6.45) is 1.57. The van der Waals surface area contributed by atoms with Gasteiger partial charge in [-0.05, 0) is 113 Å². The number of hydrogen-bond donors (Lipinski definition) is 1. The summed E-state index contributed by atoms with van der Waals surface area (Å²) in [5.41, 5.74) is 4.88. The van der Waals surface area contributed by atoms with Crippen molar-refractivity contribution in [3.63, 3.8) is 0 Å². The van der Waals surface area contributed by atoms with E-state index in [0.717, 1.165) is 23.6 Å². The maximum absolute atomic E-state index is 12.4. The van der Waals surface area contributed by atoms with Gasteiger partial charge >= 0.3 is 0 Å². The van der Waals surface area contributed by atoms with Crippen molar-refractivity contribution in [3.8, 4) is 11.5 Å². The van der Waals surface area contributed by atoms with Gasteiger partial charge in [-0.15, -0.1) is 0 Å². The van der Waals surface area contributed by atoms with Crippen LogP contribution in [0.5, 0.6) is 11.5 Å². The highest BCUT2D eigenvalue weighted by Crippen LogP contribution is 2.35. The van der Waals surface area contributed by atoms with E-state index in [1.54, 1.807) is 25.5 Å². The second kappa shape index (κ2) is 11.3. The molecule has 0 aromatic heterocycles. The molecule has 8 heteroatoms. The first-order valence-electron chi connectivity index (χ1n) is 10.2. The van der Waals surface area contributed by atoms with E-state index >= 15 is 0 Å². The van der Waals surface area contributed by atoms with Crippen LogP contribution in [0.1, 0.15) is 21.5 Å². The number of halogens is 3. The highest BCUT2D eigenvalue weighted by molar-refractivity contribution is 14.1. The molecule has 0 atom stereocenters. The molecule has 4 aromatic carbocycles. The second-order valence-electron chi connectivity index (χ2n) is 7.33. The zero-order chi connectivity index (χ0) is 24.1. The molecular weight excluding hydrogens is 675 g/mol. The average molecular weight is 694 g/mol. The molecule has 0 unspecified atom stereocenters. The number of hydrogen-bond acceptors (Lipinski definition) is 4. The summed E-state index contributed by atoms with van der Waals surface area (Å²) in [6, 6.07) is 23.5. The van der Waals surface area contributed by atoms with Gasteiger partial charge in [0.05, 0.1) is 25.8 Å². The number of amides is 1. The monoisotopic (exact) mass is 692 g/mol. The topological polar surface area (TPSA) is 59.9 Å². The Bertz CT molecular complexity index is 1370. The predicted octanol–water partition coefficient (Wildman–Crippen LogP) is 7.32. The lowest BCUT2D eigenvalue weighted by Gasteiger charge is -2.12. The van der Waals surface area contributed by atoms with Gasteiger partial charge < -0.3 is 9.47 Å². The summed E-state index contributed by atoms with van der Waals surface area (Å²) in [5.74, 6) is 1.02. The molecule has 4 aromatic rings. The molecular formula is C26H19Br2IN2O3. The number of carbonyl (C=O) groups excluding carboxylic acids is 1. The maximum Gasteiger partial charge on any atom is 0.271 e. The number of ether oxygens (including phenoxy) is 2. The third-order valence-electron chi connectivity index (χ3n) is 5.01. The van der Waals surface area contributed by atoms with Crippen LogP contribution in [0.4, 0.5) is 0 Å². The molecule has 0 aliphatic carbocycles. The van der Waals surface area contributed by atoms with Crippen LogP contribution < -0.4 is 14.9 Å². The molecule has 0 saturated heterocycles. The van der Waals surface area contributed by atoms with Gasteiger partial charge in [-0.3, -0.25) is 4.79 Å². The Hall–Kier alpha value is -2.43. The van der Waals surface area contributed by atoms with E-state index in [2.05, 4.69) is 95.3 Å². The number of fused-ring (bicyclic) bond motifs is 1. The molecule has 0 fully saturated rings. The van der Waals surface area contributed by atoms with Gasteiger partial charge in [0, 0.05) is 5.56 Å². The van der Waals surface area contributed by atoms with E-state index < -0.39 is 0 Å². The van der Waals surface area contributed by atoms with Crippen LogP contribution in [0.3, 0.4) is 0 Å². The van der Waals surface area contributed by atoms with E-state index in [4.69, 9.17) is 9.47 Å². The highest BCUT2D eigenvalue weighted by atomic mass is 127. The summed E-state index contributed by atoms with van der Waals surface area (Å²) in [6.45, 7) is 0.436. The van der Waals surface area contributed by atoms with Gasteiger partial charge in [0.2, 0.25) is 0 Å². The van der Waals surface area contributed by atoms with Crippen molar-refractivity contribution >= 4 is 77.3 Å². The number of benzene rings is 4. The smallest absolute Gasteiger partial charge is 0.271 e. The van der Waals surface area contributed by atoms with Crippen molar-refractivity contribution in [1.29, 1.82) is 0 Å². The van der Waals surface area contributed by atoms with Crippen LogP contribution in [0.15, 0.2) is 86.8 Å². The Morgan fingerprint density at radius 2 is 1.74 bits per heavy atom. The average Bonchev–Trinajstić information content (AvgIpc) is 2.83. The van der Waals surface area contributed by atoms with E-state index in [1.165, 1.54) is 10.8 Å². The Balaban J connectivity index is 1.41. The quantitative estimate of drug-likeness (QED) is 0.125. The van der Waals surface area contributed by atoms with Crippen LogP contribution >= 0.6 is 54.5 Å². The first-order chi connectivity index (χ1) is 16.4. The minimum absolute atomic E-state index is 0.320. The van der Waals surface area contributed by atoms with Crippen molar-refractivity contribution in [3.05, 3.63) is 102 Å². The summed E-state index contributed by atoms with van der Waals surface area (Å²) < 4.78 is 13.8. The molecule has 0 aliphatic rings. The Kier molecular flexibility index (Phi) is 8.23. The minimum Gasteiger partial charge on any atom is -0.496 e. The first kappa shape index (κ1) is 24.7. The van der Waals surface area contributed by atoms with E-state index in [9.17, 15) is 4.79 Å². The fraction of sp³-hybridized carbons (Fsp3) is 0.0769. The minimum atomic E-state index is -0.320. The Labute approximate surface area is 227 Å². The summed E-state index contributed by atoms with van der Waals surface area (Å²) in [4.78, 5) is 12.4. The number of rotatable bonds is 7. The van der Waals surface area contributed by atoms with Gasteiger partial charge in [0.15, 0.2) is 0 Å². The maximum atomic E-state index is 12.4. The molecule has 4 rings (SSSR count). The summed E-state index contributed by atoms with van der Waals surface area (Å²) in [5, 5.41) is 6.46. The molecule has 0 aliphatic heterocycles. The number of methoxy groups -OCH3 is 1. The lowest BCUT2D eigenvalue weighted by atomic mass is 10.1. The normalized spacial score (nSPS) is 11.1. The molecule has 172 valence electrons. The molecule has 34 heavy (non-hydrogen) atoms. The number of carbonyl (C=O) groups is 1. The SMILES string of the molecule is COc1cc(C(=O)N/N=C\c2cc(Br)c(OCc3ccc4ccccc4c3)c(Br)c2)ccc1I. The lowest BCUT2D eigenvalue weighted by molar-refractivity contribution is 0.0954. The molecule has 0 spiro atoms.